The number of rotatable bonds is 8. The van der Waals surface area contributed by atoms with Crippen molar-refractivity contribution in [3.63, 3.8) is 0 Å². The molecule has 0 aliphatic carbocycles. The molecule has 1 amide bonds. The second-order valence-corrected chi connectivity index (χ2v) is 10.7. The lowest BCUT2D eigenvalue weighted by Crippen LogP contribution is -2.27. The van der Waals surface area contributed by atoms with Gasteiger partial charge in [0.15, 0.2) is 5.65 Å². The molecular formula is C28H30N6OS. The molecule has 0 saturated heterocycles. The van der Waals surface area contributed by atoms with Crippen LogP contribution in [0.15, 0.2) is 61.1 Å². The number of benzene rings is 1. The molecular weight excluding hydrogens is 468 g/mol. The van der Waals surface area contributed by atoms with Gasteiger partial charge in [0.25, 0.3) is 5.91 Å². The number of hydrogen-bond acceptors (Lipinski definition) is 5. The first kappa shape index (κ1) is 23.9. The second kappa shape index (κ2) is 10.1. The number of carbonyl (C=O) groups excluding carboxylic acids is 1. The molecule has 0 unspecified atom stereocenters. The minimum Gasteiger partial charge on any atom is -0.352 e. The minimum absolute atomic E-state index is 0.127. The number of nitrogens with one attached hydrogen (secondary N) is 1. The molecule has 0 aliphatic rings. The number of pyridine rings is 1. The van der Waals surface area contributed by atoms with Gasteiger partial charge >= 0.3 is 0 Å². The monoisotopic (exact) mass is 498 g/mol. The van der Waals surface area contributed by atoms with E-state index in [4.69, 9.17) is 4.98 Å². The van der Waals surface area contributed by atoms with Gasteiger partial charge in [0.1, 0.15) is 5.82 Å². The first-order chi connectivity index (χ1) is 17.4. The third-order valence-corrected chi connectivity index (χ3v) is 7.21. The van der Waals surface area contributed by atoms with Gasteiger partial charge in [-0.05, 0) is 45.4 Å². The lowest BCUT2D eigenvalue weighted by Gasteiger charge is -2.12. The fourth-order valence-corrected chi connectivity index (χ4v) is 5.42. The van der Waals surface area contributed by atoms with Crippen molar-refractivity contribution in [2.45, 2.75) is 46.7 Å². The smallest absolute Gasteiger partial charge is 0.252 e. The number of amides is 1. The summed E-state index contributed by atoms with van der Waals surface area (Å²) < 4.78 is 4.00. The number of aryl methyl sites for hydroxylation is 2. The maximum atomic E-state index is 13.4. The number of thiophene rings is 1. The SMILES string of the molecule is Cc1cc(-c2cc(C(=O)NCCc3nccn3Cc3ccccc3)c3cnn(C(C)C)c3n2)c(C)s1. The molecule has 0 spiro atoms. The zero-order chi connectivity index (χ0) is 25.2. The highest BCUT2D eigenvalue weighted by Crippen LogP contribution is 2.32. The molecule has 5 aromatic rings. The fourth-order valence-electron chi connectivity index (χ4n) is 4.48. The fraction of sp³-hybridized carbons (Fsp3) is 0.286. The van der Waals surface area contributed by atoms with E-state index in [1.807, 2.05) is 41.3 Å². The summed E-state index contributed by atoms with van der Waals surface area (Å²) in [4.78, 5) is 25.3. The van der Waals surface area contributed by atoms with E-state index in [-0.39, 0.29) is 11.9 Å². The second-order valence-electron chi connectivity index (χ2n) is 9.27. The molecule has 5 rings (SSSR count). The summed E-state index contributed by atoms with van der Waals surface area (Å²) in [5.74, 6) is 0.814. The number of aromatic nitrogens is 5. The molecule has 0 fully saturated rings. The molecule has 184 valence electrons. The van der Waals surface area contributed by atoms with Crippen LogP contribution in [0.4, 0.5) is 0 Å². The number of fused-ring (bicyclic) bond motifs is 1. The summed E-state index contributed by atoms with van der Waals surface area (Å²) in [7, 11) is 0. The van der Waals surface area contributed by atoms with Crippen molar-refractivity contribution in [1.82, 2.24) is 29.6 Å². The Hall–Kier alpha value is -3.78. The van der Waals surface area contributed by atoms with E-state index in [0.717, 1.165) is 34.7 Å². The lowest BCUT2D eigenvalue weighted by molar-refractivity contribution is 0.0955. The predicted octanol–water partition coefficient (Wildman–Crippen LogP) is 5.57. The summed E-state index contributed by atoms with van der Waals surface area (Å²) in [6.07, 6.45) is 6.18. The number of carbonyl (C=O) groups is 1. The Morgan fingerprint density at radius 3 is 2.67 bits per heavy atom. The van der Waals surface area contributed by atoms with E-state index in [1.165, 1.54) is 15.3 Å². The van der Waals surface area contributed by atoms with E-state index >= 15 is 0 Å². The van der Waals surface area contributed by atoms with Crippen molar-refractivity contribution < 1.29 is 4.79 Å². The van der Waals surface area contributed by atoms with Crippen molar-refractivity contribution in [2.75, 3.05) is 6.54 Å². The summed E-state index contributed by atoms with van der Waals surface area (Å²) in [6.45, 7) is 9.56. The maximum Gasteiger partial charge on any atom is 0.252 e. The first-order valence-electron chi connectivity index (χ1n) is 12.2. The van der Waals surface area contributed by atoms with Gasteiger partial charge in [0.05, 0.1) is 22.8 Å². The molecule has 8 heteroatoms. The van der Waals surface area contributed by atoms with Gasteiger partial charge in [0.2, 0.25) is 0 Å². The molecule has 1 aromatic carbocycles. The highest BCUT2D eigenvalue weighted by atomic mass is 32.1. The normalized spacial score (nSPS) is 11.5. The van der Waals surface area contributed by atoms with Crippen LogP contribution in [0.1, 0.15) is 51.4 Å². The average molecular weight is 499 g/mol. The topological polar surface area (TPSA) is 77.6 Å². The third-order valence-electron chi connectivity index (χ3n) is 6.25. The van der Waals surface area contributed by atoms with Crippen molar-refractivity contribution in [1.29, 1.82) is 0 Å². The van der Waals surface area contributed by atoms with Crippen LogP contribution in [0, 0.1) is 13.8 Å². The maximum absolute atomic E-state index is 13.4. The van der Waals surface area contributed by atoms with Crippen LogP contribution in [0.5, 0.6) is 0 Å². The highest BCUT2D eigenvalue weighted by molar-refractivity contribution is 7.12. The Morgan fingerprint density at radius 1 is 1.14 bits per heavy atom. The lowest BCUT2D eigenvalue weighted by atomic mass is 10.1. The Kier molecular flexibility index (Phi) is 6.69. The molecule has 0 radical (unpaired) electrons. The van der Waals surface area contributed by atoms with Gasteiger partial charge in [-0.15, -0.1) is 11.3 Å². The minimum atomic E-state index is -0.127. The van der Waals surface area contributed by atoms with Gasteiger partial charge in [-0.25, -0.2) is 14.6 Å². The summed E-state index contributed by atoms with van der Waals surface area (Å²) in [5.41, 5.74) is 4.41. The van der Waals surface area contributed by atoms with E-state index in [2.05, 4.69) is 65.9 Å². The van der Waals surface area contributed by atoms with Crippen LogP contribution >= 0.6 is 11.3 Å². The van der Waals surface area contributed by atoms with E-state index < -0.39 is 0 Å². The van der Waals surface area contributed by atoms with Crippen LogP contribution in [0.25, 0.3) is 22.3 Å². The van der Waals surface area contributed by atoms with E-state index in [9.17, 15) is 4.79 Å². The van der Waals surface area contributed by atoms with Crippen LogP contribution in [-0.2, 0) is 13.0 Å². The molecule has 7 nitrogen and oxygen atoms in total. The summed E-state index contributed by atoms with van der Waals surface area (Å²) >= 11 is 1.74. The molecule has 4 aromatic heterocycles. The number of hydrogen-bond donors (Lipinski definition) is 1. The molecule has 36 heavy (non-hydrogen) atoms. The van der Waals surface area contributed by atoms with Crippen molar-refractivity contribution >= 4 is 28.3 Å². The van der Waals surface area contributed by atoms with E-state index in [0.29, 0.717) is 18.5 Å². The molecule has 1 N–H and O–H groups in total. The average Bonchev–Trinajstić information content (AvgIpc) is 3.57. The molecule has 0 saturated carbocycles. The Bertz CT molecular complexity index is 1510. The Morgan fingerprint density at radius 2 is 1.94 bits per heavy atom. The van der Waals surface area contributed by atoms with Gasteiger partial charge in [-0.3, -0.25) is 4.79 Å². The van der Waals surface area contributed by atoms with E-state index in [1.54, 1.807) is 17.5 Å². The zero-order valence-corrected chi connectivity index (χ0v) is 21.8. The highest BCUT2D eigenvalue weighted by Gasteiger charge is 2.20. The molecule has 4 heterocycles. The quantitative estimate of drug-likeness (QED) is 0.303. The Labute approximate surface area is 214 Å². The number of nitrogens with zero attached hydrogens (tertiary/aromatic N) is 5. The largest absolute Gasteiger partial charge is 0.352 e. The van der Waals surface area contributed by atoms with Crippen molar-refractivity contribution in [3.05, 3.63) is 87.8 Å². The van der Waals surface area contributed by atoms with Crippen LogP contribution in [-0.4, -0.2) is 36.8 Å². The third kappa shape index (κ3) is 4.81. The van der Waals surface area contributed by atoms with Crippen LogP contribution < -0.4 is 5.32 Å². The molecule has 0 atom stereocenters. The van der Waals surface area contributed by atoms with Crippen molar-refractivity contribution in [3.8, 4) is 11.3 Å². The Balaban J connectivity index is 1.38. The van der Waals surface area contributed by atoms with Gasteiger partial charge in [-0.2, -0.15) is 5.10 Å². The molecule has 0 aliphatic heterocycles. The van der Waals surface area contributed by atoms with Crippen molar-refractivity contribution in [2.24, 2.45) is 0 Å². The predicted molar refractivity (Wildman–Crippen MR) is 145 cm³/mol. The summed E-state index contributed by atoms with van der Waals surface area (Å²) in [5, 5.41) is 8.40. The zero-order valence-electron chi connectivity index (χ0n) is 21.0. The first-order valence-corrected chi connectivity index (χ1v) is 13.0. The van der Waals surface area contributed by atoms with Crippen LogP contribution in [0.2, 0.25) is 0 Å². The molecule has 0 bridgehead atoms. The standard InChI is InChI=1S/C28H30N6OS/c1-18(2)34-27-24(16-31-34)23(15-25(32-27)22-14-19(3)36-20(22)4)28(35)30-11-10-26-29-12-13-33(26)17-21-8-6-5-7-9-21/h5-9,12-16,18H,10-11,17H2,1-4H3,(H,30,35). The number of imidazole rings is 1. The van der Waals surface area contributed by atoms with Crippen LogP contribution in [0.3, 0.4) is 0 Å². The summed E-state index contributed by atoms with van der Waals surface area (Å²) in [6, 6.07) is 14.5. The van der Waals surface area contributed by atoms with Gasteiger partial charge < -0.3 is 9.88 Å². The van der Waals surface area contributed by atoms with Gasteiger partial charge in [-0.1, -0.05) is 30.3 Å². The van der Waals surface area contributed by atoms with Gasteiger partial charge in [0, 0.05) is 53.3 Å².